The third kappa shape index (κ3) is 12.3. The minimum Gasteiger partial charge on any atom is -0.391 e. The Hall–Kier alpha value is -0.130. The highest BCUT2D eigenvalue weighted by Crippen LogP contribution is 2.34. The highest BCUT2D eigenvalue weighted by atomic mass is 32.2. The number of ether oxygens (including phenoxy) is 1. The van der Waals surface area contributed by atoms with E-state index < -0.39 is 15.9 Å². The van der Waals surface area contributed by atoms with Gasteiger partial charge in [-0.25, -0.2) is 8.42 Å². The molecular weight excluding hydrogens is 324 g/mol. The maximum Gasteiger partial charge on any atom is 0.150 e. The van der Waals surface area contributed by atoms with Gasteiger partial charge in [0.05, 0.1) is 24.2 Å². The molecule has 0 aromatic carbocycles. The van der Waals surface area contributed by atoms with Gasteiger partial charge < -0.3 is 9.84 Å². The first-order valence-electron chi connectivity index (χ1n) is 9.74. The predicted molar refractivity (Wildman–Crippen MR) is 102 cm³/mol. The molecule has 0 bridgehead atoms. The summed E-state index contributed by atoms with van der Waals surface area (Å²) in [5, 5.41) is 10.2. The van der Waals surface area contributed by atoms with E-state index in [1.165, 1.54) is 12.8 Å². The fourth-order valence-electron chi connectivity index (χ4n) is 3.23. The van der Waals surface area contributed by atoms with Crippen molar-refractivity contribution in [2.45, 2.75) is 91.6 Å². The molecule has 0 aliphatic rings. The van der Waals surface area contributed by atoms with Crippen molar-refractivity contribution < 1.29 is 18.3 Å². The maximum atomic E-state index is 11.7. The molecule has 2 atom stereocenters. The van der Waals surface area contributed by atoms with Crippen LogP contribution in [0, 0.1) is 5.41 Å². The number of hydrogen-bond donors (Lipinski definition) is 1. The fraction of sp³-hybridized carbons (Fsp3) is 1.00. The fourth-order valence-corrected chi connectivity index (χ4v) is 4.72. The van der Waals surface area contributed by atoms with E-state index in [0.717, 1.165) is 38.5 Å². The normalized spacial score (nSPS) is 16.0. The maximum absolute atomic E-state index is 11.7. The molecule has 1 N–H and O–H groups in total. The molecule has 2 unspecified atom stereocenters. The number of rotatable bonds is 16. The van der Waals surface area contributed by atoms with Crippen molar-refractivity contribution in [2.75, 3.05) is 24.7 Å². The highest BCUT2D eigenvalue weighted by Gasteiger charge is 2.26. The molecule has 0 saturated carbocycles. The number of hydrogen-bond acceptors (Lipinski definition) is 4. The monoisotopic (exact) mass is 364 g/mol. The highest BCUT2D eigenvalue weighted by molar-refractivity contribution is 7.91. The lowest BCUT2D eigenvalue weighted by Gasteiger charge is -2.31. The standard InChI is InChI=1S/C19H40O4S/c1-5-8-12-19(4,11-7-3)16-18(20)17-23-13-10-15-24(21,22)14-9-6-2/h18,20H,5-17H2,1-4H3. The summed E-state index contributed by atoms with van der Waals surface area (Å²) in [7, 11) is -2.93. The summed E-state index contributed by atoms with van der Waals surface area (Å²) < 4.78 is 29.0. The Labute approximate surface area is 150 Å². The Bertz CT molecular complexity index is 394. The van der Waals surface area contributed by atoms with Gasteiger partial charge in [0, 0.05) is 6.61 Å². The molecule has 0 fully saturated rings. The summed E-state index contributed by atoms with van der Waals surface area (Å²) in [4.78, 5) is 0. The average molecular weight is 365 g/mol. The largest absolute Gasteiger partial charge is 0.391 e. The summed E-state index contributed by atoms with van der Waals surface area (Å²) in [6.45, 7) is 9.34. The summed E-state index contributed by atoms with van der Waals surface area (Å²) >= 11 is 0. The topological polar surface area (TPSA) is 63.6 Å². The number of sulfone groups is 1. The van der Waals surface area contributed by atoms with E-state index in [9.17, 15) is 13.5 Å². The van der Waals surface area contributed by atoms with E-state index in [1.54, 1.807) is 0 Å². The zero-order valence-corrected chi connectivity index (χ0v) is 17.2. The van der Waals surface area contributed by atoms with Gasteiger partial charge in [0.2, 0.25) is 0 Å². The van der Waals surface area contributed by atoms with Gasteiger partial charge in [0.15, 0.2) is 0 Å². The van der Waals surface area contributed by atoms with Crippen LogP contribution in [0.4, 0.5) is 0 Å². The molecule has 0 rings (SSSR count). The molecule has 4 nitrogen and oxygen atoms in total. The second-order valence-electron chi connectivity index (χ2n) is 7.46. The van der Waals surface area contributed by atoms with Crippen LogP contribution in [0.25, 0.3) is 0 Å². The quantitative estimate of drug-likeness (QED) is 0.413. The third-order valence-electron chi connectivity index (χ3n) is 4.58. The Kier molecular flexibility index (Phi) is 13.1. The van der Waals surface area contributed by atoms with Gasteiger partial charge in [-0.1, -0.05) is 53.4 Å². The number of unbranched alkanes of at least 4 members (excludes halogenated alkanes) is 2. The molecular formula is C19H40O4S. The van der Waals surface area contributed by atoms with E-state index in [-0.39, 0.29) is 16.9 Å². The molecule has 0 heterocycles. The van der Waals surface area contributed by atoms with Crippen LogP contribution in [0.15, 0.2) is 0 Å². The Morgan fingerprint density at radius 3 is 2.17 bits per heavy atom. The van der Waals surface area contributed by atoms with Crippen LogP contribution >= 0.6 is 0 Å². The van der Waals surface area contributed by atoms with Crippen LogP contribution in [0.3, 0.4) is 0 Å². The van der Waals surface area contributed by atoms with Gasteiger partial charge in [-0.2, -0.15) is 0 Å². The molecule has 0 aliphatic carbocycles. The van der Waals surface area contributed by atoms with E-state index in [2.05, 4.69) is 20.8 Å². The lowest BCUT2D eigenvalue weighted by Crippen LogP contribution is -2.27. The van der Waals surface area contributed by atoms with Crippen molar-refractivity contribution in [3.8, 4) is 0 Å². The molecule has 0 aromatic heterocycles. The Morgan fingerprint density at radius 1 is 0.958 bits per heavy atom. The van der Waals surface area contributed by atoms with Crippen LogP contribution in [0.1, 0.15) is 85.5 Å². The third-order valence-corrected chi connectivity index (χ3v) is 6.40. The van der Waals surface area contributed by atoms with Gasteiger partial charge in [-0.05, 0) is 37.5 Å². The SMILES string of the molecule is CCCCC(C)(CCC)CC(O)COCCCS(=O)(=O)CCCC. The van der Waals surface area contributed by atoms with Crippen molar-refractivity contribution in [3.05, 3.63) is 0 Å². The lowest BCUT2D eigenvalue weighted by molar-refractivity contribution is 0.00718. The summed E-state index contributed by atoms with van der Waals surface area (Å²) in [6.07, 6.45) is 8.21. The molecule has 24 heavy (non-hydrogen) atoms. The first-order chi connectivity index (χ1) is 11.3. The molecule has 0 aliphatic heterocycles. The molecule has 0 spiro atoms. The van der Waals surface area contributed by atoms with Crippen molar-refractivity contribution in [2.24, 2.45) is 5.41 Å². The van der Waals surface area contributed by atoms with Gasteiger partial charge in [-0.15, -0.1) is 0 Å². The van der Waals surface area contributed by atoms with Gasteiger partial charge in [0.25, 0.3) is 0 Å². The summed E-state index contributed by atoms with van der Waals surface area (Å²) in [5.41, 5.74) is 0.178. The van der Waals surface area contributed by atoms with Gasteiger partial charge >= 0.3 is 0 Å². The van der Waals surface area contributed by atoms with Crippen LogP contribution in [0.2, 0.25) is 0 Å². The zero-order valence-electron chi connectivity index (χ0n) is 16.3. The molecule has 0 amide bonds. The second-order valence-corrected chi connectivity index (χ2v) is 9.76. The first kappa shape index (κ1) is 23.9. The van der Waals surface area contributed by atoms with Gasteiger partial charge in [-0.3, -0.25) is 0 Å². The molecule has 0 aromatic rings. The minimum absolute atomic E-state index is 0.178. The predicted octanol–water partition coefficient (Wildman–Crippen LogP) is 4.36. The van der Waals surface area contributed by atoms with Crippen molar-refractivity contribution in [3.63, 3.8) is 0 Å². The minimum atomic E-state index is -2.93. The molecule has 5 heteroatoms. The Balaban J connectivity index is 4.01. The van der Waals surface area contributed by atoms with Crippen molar-refractivity contribution in [1.29, 1.82) is 0 Å². The molecule has 0 radical (unpaired) electrons. The van der Waals surface area contributed by atoms with Crippen LogP contribution in [-0.2, 0) is 14.6 Å². The van der Waals surface area contributed by atoms with Crippen LogP contribution in [-0.4, -0.2) is 44.3 Å². The van der Waals surface area contributed by atoms with Gasteiger partial charge in [0.1, 0.15) is 9.84 Å². The van der Waals surface area contributed by atoms with E-state index in [0.29, 0.717) is 19.6 Å². The Morgan fingerprint density at radius 2 is 1.58 bits per heavy atom. The van der Waals surface area contributed by atoms with Crippen LogP contribution < -0.4 is 0 Å². The van der Waals surface area contributed by atoms with E-state index in [4.69, 9.17) is 4.74 Å². The van der Waals surface area contributed by atoms with E-state index in [1.807, 2.05) is 6.92 Å². The first-order valence-corrected chi connectivity index (χ1v) is 11.6. The summed E-state index contributed by atoms with van der Waals surface area (Å²) in [5.74, 6) is 0.464. The average Bonchev–Trinajstić information content (AvgIpc) is 2.51. The lowest BCUT2D eigenvalue weighted by atomic mass is 9.76. The van der Waals surface area contributed by atoms with Crippen molar-refractivity contribution >= 4 is 9.84 Å². The van der Waals surface area contributed by atoms with E-state index >= 15 is 0 Å². The van der Waals surface area contributed by atoms with Crippen molar-refractivity contribution in [1.82, 2.24) is 0 Å². The summed E-state index contributed by atoms with van der Waals surface area (Å²) in [6, 6.07) is 0. The number of aliphatic hydroxyl groups is 1. The molecule has 0 saturated heterocycles. The molecule has 146 valence electrons. The smallest absolute Gasteiger partial charge is 0.150 e. The second kappa shape index (κ2) is 13.1. The van der Waals surface area contributed by atoms with Crippen LogP contribution in [0.5, 0.6) is 0 Å². The number of aliphatic hydroxyl groups excluding tert-OH is 1. The zero-order chi connectivity index (χ0) is 18.5.